The molecular weight excluding hydrogens is 456 g/mol. The average Bonchev–Trinajstić information content (AvgIpc) is 3.45. The Hall–Kier alpha value is -2.40. The summed E-state index contributed by atoms with van der Waals surface area (Å²) >= 11 is 0. The van der Waals surface area contributed by atoms with Gasteiger partial charge < -0.3 is 28.8 Å². The molecule has 5 aliphatic heterocycles. The normalized spacial score (nSPS) is 45.8. The highest BCUT2D eigenvalue weighted by molar-refractivity contribution is 6.01. The number of esters is 1. The number of fused-ring (bicyclic) bond motifs is 3. The predicted molar refractivity (Wildman–Crippen MR) is 120 cm³/mol. The molecule has 9 rings (SSSR count). The number of carbonyl (C=O) groups excluding carboxylic acids is 2. The Morgan fingerprint density at radius 1 is 1.11 bits per heavy atom. The molecule has 1 amide bonds. The smallest absolute Gasteiger partial charge is 0.414 e. The Labute approximate surface area is 203 Å². The summed E-state index contributed by atoms with van der Waals surface area (Å²) in [5.41, 5.74) is -3.54. The Morgan fingerprint density at radius 3 is 2.60 bits per heavy atom. The van der Waals surface area contributed by atoms with Crippen LogP contribution in [0, 0.1) is 5.41 Å². The first-order valence-electron chi connectivity index (χ1n) is 12.2. The van der Waals surface area contributed by atoms with Gasteiger partial charge in [0.05, 0.1) is 33.1 Å². The van der Waals surface area contributed by atoms with Crippen LogP contribution in [0.4, 0.5) is 10.5 Å². The average molecular weight is 487 g/mol. The number of hydrogen-bond acceptors (Lipinski definition) is 9. The fourth-order valence-electron chi connectivity index (χ4n) is 9.63. The number of para-hydroxylation sites is 1. The van der Waals surface area contributed by atoms with Crippen molar-refractivity contribution in [1.82, 2.24) is 4.90 Å². The molecule has 5 bridgehead atoms. The third-order valence-electron chi connectivity index (χ3n) is 10.3. The van der Waals surface area contributed by atoms with Gasteiger partial charge in [0.15, 0.2) is 0 Å². The lowest BCUT2D eigenvalue weighted by atomic mass is 9.35. The summed E-state index contributed by atoms with van der Waals surface area (Å²) in [6.07, 6.45) is 0.209. The van der Waals surface area contributed by atoms with Gasteiger partial charge in [-0.3, -0.25) is 9.80 Å². The number of ether oxygens (including phenoxy) is 5. The maximum absolute atomic E-state index is 13.8. The van der Waals surface area contributed by atoms with Crippen LogP contribution in [0.25, 0.3) is 0 Å². The van der Waals surface area contributed by atoms with Gasteiger partial charge in [0.25, 0.3) is 0 Å². The van der Waals surface area contributed by atoms with Crippen molar-refractivity contribution in [3.05, 3.63) is 23.8 Å². The van der Waals surface area contributed by atoms with Gasteiger partial charge in [0, 0.05) is 36.9 Å². The minimum absolute atomic E-state index is 0.100. The van der Waals surface area contributed by atoms with Crippen LogP contribution in [0.15, 0.2) is 18.2 Å². The molecule has 35 heavy (non-hydrogen) atoms. The van der Waals surface area contributed by atoms with E-state index >= 15 is 0 Å². The van der Waals surface area contributed by atoms with Gasteiger partial charge in [-0.1, -0.05) is 12.1 Å². The van der Waals surface area contributed by atoms with E-state index < -0.39 is 40.1 Å². The Kier molecular flexibility index (Phi) is 4.04. The summed E-state index contributed by atoms with van der Waals surface area (Å²) in [4.78, 5) is 31.3. The summed E-state index contributed by atoms with van der Waals surface area (Å²) in [5, 5.41) is 12.8. The van der Waals surface area contributed by atoms with E-state index in [1.165, 1.54) is 19.1 Å². The standard InChI is InChI=1S/C25H30N2O8/c1-31-14-7-5-6-13-17(14)27(21(29)34-4)24-9-8-22-15(32-2)12-16(26-11-10-23(13,24)18(22)26)35-19(22)25(24,30)20(28)33-3/h5-7,15-16,18-19,30H,8-12H2,1-4H3/t15-,16-,18-,19+,22+,23+,24-,25?/m0/s1. The Morgan fingerprint density at radius 2 is 1.91 bits per heavy atom. The van der Waals surface area contributed by atoms with E-state index in [0.29, 0.717) is 43.7 Å². The van der Waals surface area contributed by atoms with Crippen molar-refractivity contribution in [2.24, 2.45) is 5.41 Å². The monoisotopic (exact) mass is 486 g/mol. The Bertz CT molecular complexity index is 1160. The third kappa shape index (κ3) is 1.84. The molecule has 3 aliphatic carbocycles. The van der Waals surface area contributed by atoms with Gasteiger partial charge in [-0.05, 0) is 30.9 Å². The van der Waals surface area contributed by atoms with Crippen molar-refractivity contribution in [1.29, 1.82) is 0 Å². The van der Waals surface area contributed by atoms with Crippen LogP contribution in [0.3, 0.4) is 0 Å². The van der Waals surface area contributed by atoms with E-state index in [0.717, 1.165) is 5.56 Å². The van der Waals surface area contributed by atoms with E-state index in [9.17, 15) is 14.7 Å². The first kappa shape index (κ1) is 21.8. The number of amides is 1. The molecule has 188 valence electrons. The van der Waals surface area contributed by atoms with E-state index in [4.69, 9.17) is 23.7 Å². The lowest BCUT2D eigenvalue weighted by Crippen LogP contribution is -2.95. The quantitative estimate of drug-likeness (QED) is 0.630. The highest BCUT2D eigenvalue weighted by atomic mass is 16.6. The molecule has 7 fully saturated rings. The number of aliphatic hydroxyl groups is 1. The molecule has 1 aromatic carbocycles. The van der Waals surface area contributed by atoms with Crippen molar-refractivity contribution in [3.63, 3.8) is 0 Å². The van der Waals surface area contributed by atoms with Crippen molar-refractivity contribution in [2.45, 2.75) is 66.7 Å². The van der Waals surface area contributed by atoms with Crippen LogP contribution in [0.1, 0.15) is 31.2 Å². The lowest BCUT2D eigenvalue weighted by molar-refractivity contribution is -0.391. The number of nitrogens with zero attached hydrogens (tertiary/aromatic N) is 2. The molecule has 5 heterocycles. The van der Waals surface area contributed by atoms with Crippen LogP contribution in [0.2, 0.25) is 0 Å². The summed E-state index contributed by atoms with van der Waals surface area (Å²) in [5.74, 6) is -0.317. The molecule has 0 aromatic heterocycles. The SMILES string of the molecule is COC(=O)N1c2c(OC)cccc2[C@@]23CCN4[C@@H]5C[C@H](OC)[C@]6(CC[C@]12C(O)(C(=O)OC)[C@@H]6O5)[C@H]43. The van der Waals surface area contributed by atoms with Gasteiger partial charge in [0.2, 0.25) is 5.60 Å². The van der Waals surface area contributed by atoms with E-state index in [1.807, 2.05) is 12.1 Å². The van der Waals surface area contributed by atoms with Crippen molar-refractivity contribution >= 4 is 17.7 Å². The minimum Gasteiger partial charge on any atom is -0.495 e. The van der Waals surface area contributed by atoms with Gasteiger partial charge >= 0.3 is 12.1 Å². The second kappa shape index (κ2) is 6.47. The van der Waals surface area contributed by atoms with Crippen molar-refractivity contribution < 1.29 is 38.4 Å². The van der Waals surface area contributed by atoms with Crippen LogP contribution in [0.5, 0.6) is 5.75 Å². The van der Waals surface area contributed by atoms with Gasteiger partial charge in [0.1, 0.15) is 23.6 Å². The number of piperidine rings is 1. The fraction of sp³-hybridized carbons (Fsp3) is 0.680. The summed E-state index contributed by atoms with van der Waals surface area (Å²) in [7, 11) is 5.82. The zero-order valence-electron chi connectivity index (χ0n) is 20.3. The summed E-state index contributed by atoms with van der Waals surface area (Å²) < 4.78 is 29.0. The zero-order chi connectivity index (χ0) is 24.5. The maximum Gasteiger partial charge on any atom is 0.414 e. The van der Waals surface area contributed by atoms with Gasteiger partial charge in [-0.2, -0.15) is 0 Å². The highest BCUT2D eigenvalue weighted by Gasteiger charge is 2.94. The third-order valence-corrected chi connectivity index (χ3v) is 10.3. The first-order valence-corrected chi connectivity index (χ1v) is 12.2. The van der Waals surface area contributed by atoms with Crippen LogP contribution in [-0.2, 0) is 29.2 Å². The van der Waals surface area contributed by atoms with Crippen molar-refractivity contribution in [3.8, 4) is 5.75 Å². The molecule has 8 aliphatic rings. The van der Waals surface area contributed by atoms with Crippen LogP contribution >= 0.6 is 0 Å². The highest BCUT2D eigenvalue weighted by Crippen LogP contribution is 2.80. The van der Waals surface area contributed by atoms with E-state index in [1.54, 1.807) is 20.3 Å². The number of hydrogen-bond donors (Lipinski definition) is 1. The van der Waals surface area contributed by atoms with Crippen molar-refractivity contribution in [2.75, 3.05) is 39.9 Å². The molecule has 1 aromatic rings. The molecule has 1 N–H and O–H groups in total. The van der Waals surface area contributed by atoms with Gasteiger partial charge in [-0.15, -0.1) is 0 Å². The molecule has 3 spiro atoms. The number of methoxy groups -OCH3 is 4. The molecule has 0 radical (unpaired) electrons. The summed E-state index contributed by atoms with van der Waals surface area (Å²) in [6.45, 7) is 0.713. The second-order valence-corrected chi connectivity index (χ2v) is 10.7. The first-order chi connectivity index (χ1) is 16.8. The largest absolute Gasteiger partial charge is 0.495 e. The minimum atomic E-state index is -2.15. The molecule has 10 heteroatoms. The summed E-state index contributed by atoms with van der Waals surface area (Å²) in [6, 6.07) is 5.60. The molecule has 4 saturated heterocycles. The van der Waals surface area contributed by atoms with Crippen LogP contribution in [-0.4, -0.2) is 92.7 Å². The zero-order valence-corrected chi connectivity index (χ0v) is 20.3. The Balaban J connectivity index is 1.65. The van der Waals surface area contributed by atoms with E-state index in [2.05, 4.69) is 4.90 Å². The molecule has 8 atom stereocenters. The molecule has 10 nitrogen and oxygen atoms in total. The molecular formula is C25H30N2O8. The predicted octanol–water partition coefficient (Wildman–Crippen LogP) is 1.17. The number of benzene rings is 1. The van der Waals surface area contributed by atoms with E-state index in [-0.39, 0.29) is 18.4 Å². The van der Waals surface area contributed by atoms with Crippen LogP contribution < -0.4 is 9.64 Å². The lowest BCUT2D eigenvalue weighted by Gasteiger charge is -2.78. The maximum atomic E-state index is 13.8. The fourth-order valence-corrected chi connectivity index (χ4v) is 9.63. The number of rotatable bonds is 3. The van der Waals surface area contributed by atoms with Gasteiger partial charge in [-0.25, -0.2) is 9.59 Å². The molecule has 1 unspecified atom stereocenters. The number of carbonyl (C=O) groups is 2. The topological polar surface area (TPSA) is 107 Å². The number of anilines is 1. The second-order valence-electron chi connectivity index (χ2n) is 10.7. The molecule has 3 saturated carbocycles.